The van der Waals surface area contributed by atoms with E-state index >= 15 is 0 Å². The third-order valence-electron chi connectivity index (χ3n) is 2.83. The fraction of sp³-hybridized carbons (Fsp3) is 0.636. The minimum Gasteiger partial charge on any atom is -0.468 e. The summed E-state index contributed by atoms with van der Waals surface area (Å²) in [5.41, 5.74) is -1.60. The number of carbonyl (C=O) groups is 1. The van der Waals surface area contributed by atoms with Crippen molar-refractivity contribution in [1.29, 1.82) is 0 Å². The number of ether oxygens (including phenoxy) is 1. The fourth-order valence-electron chi connectivity index (χ4n) is 1.61. The number of H-pyrrole nitrogens is 1. The van der Waals surface area contributed by atoms with E-state index in [1.165, 1.54) is 23.6 Å². The Morgan fingerprint density at radius 2 is 2.30 bits per heavy atom. The second-order valence-electron chi connectivity index (χ2n) is 4.53. The van der Waals surface area contributed by atoms with Crippen molar-refractivity contribution in [3.63, 3.8) is 0 Å². The maximum atomic E-state index is 11.7. The van der Waals surface area contributed by atoms with Crippen LogP contribution in [-0.4, -0.2) is 45.7 Å². The van der Waals surface area contributed by atoms with Crippen molar-refractivity contribution in [2.24, 2.45) is 7.05 Å². The maximum Gasteiger partial charge on any atom is 0.339 e. The van der Waals surface area contributed by atoms with Crippen LogP contribution in [0.15, 0.2) is 14.7 Å². The van der Waals surface area contributed by atoms with Gasteiger partial charge in [0.05, 0.1) is 7.11 Å². The molecule has 8 nitrogen and oxygen atoms in total. The maximum absolute atomic E-state index is 11.7. The number of aryl methyl sites for hydroxylation is 1. The van der Waals surface area contributed by atoms with Crippen LogP contribution in [0.25, 0.3) is 0 Å². The number of carbonyl (C=O) groups excluding carboxylic acids is 1. The summed E-state index contributed by atoms with van der Waals surface area (Å²) in [5, 5.41) is 5.88. The van der Waals surface area contributed by atoms with Crippen LogP contribution in [0.4, 0.5) is 0 Å². The van der Waals surface area contributed by atoms with Gasteiger partial charge in [0.2, 0.25) is 0 Å². The smallest absolute Gasteiger partial charge is 0.339 e. The number of nitrogens with zero attached hydrogens (tertiary/aromatic N) is 2. The lowest BCUT2D eigenvalue weighted by Gasteiger charge is -2.15. The molecule has 0 bridgehead atoms. The summed E-state index contributed by atoms with van der Waals surface area (Å²) in [7, 11) is 2.92. The van der Waals surface area contributed by atoms with Gasteiger partial charge in [-0.1, -0.05) is 11.8 Å². The summed E-state index contributed by atoms with van der Waals surface area (Å²) in [6.07, 6.45) is 2.10. The number of thioether (sulfide) groups is 1. The minimum absolute atomic E-state index is 0.348. The Morgan fingerprint density at radius 3 is 2.90 bits per heavy atom. The molecule has 1 aliphatic rings. The number of methoxy groups -OCH3 is 1. The van der Waals surface area contributed by atoms with Gasteiger partial charge in [-0.25, -0.2) is 0 Å². The van der Waals surface area contributed by atoms with Crippen molar-refractivity contribution in [3.05, 3.63) is 20.7 Å². The Balaban J connectivity index is 2.04. The predicted octanol–water partition coefficient (Wildman–Crippen LogP) is -1.15. The number of rotatable bonds is 6. The molecule has 2 rings (SSSR count). The van der Waals surface area contributed by atoms with Crippen LogP contribution in [-0.2, 0) is 16.6 Å². The minimum atomic E-state index is -0.838. The third kappa shape index (κ3) is 3.70. The van der Waals surface area contributed by atoms with Gasteiger partial charge in [-0.15, -0.1) is 0 Å². The summed E-state index contributed by atoms with van der Waals surface area (Å²) in [4.78, 5) is 37.6. The topological polar surface area (TPSA) is 106 Å². The Bertz CT molecular complexity index is 607. The lowest BCUT2D eigenvalue weighted by molar-refractivity contribution is -0.142. The molecule has 0 aromatic carbocycles. The molecule has 0 saturated heterocycles. The molecule has 1 aliphatic carbocycles. The van der Waals surface area contributed by atoms with Crippen molar-refractivity contribution in [3.8, 4) is 0 Å². The SMILES string of the molecule is COC(=O)C(CSc1nc(=O)c(=O)[nH]n1C)NC1CC1. The van der Waals surface area contributed by atoms with Crippen LogP contribution >= 0.6 is 11.8 Å². The van der Waals surface area contributed by atoms with Gasteiger partial charge >= 0.3 is 17.1 Å². The molecule has 1 aromatic rings. The van der Waals surface area contributed by atoms with Gasteiger partial charge in [0, 0.05) is 18.8 Å². The number of esters is 1. The Hall–Kier alpha value is -1.61. The highest BCUT2D eigenvalue weighted by molar-refractivity contribution is 7.99. The number of hydrogen-bond acceptors (Lipinski definition) is 7. The van der Waals surface area contributed by atoms with E-state index in [1.54, 1.807) is 7.05 Å². The zero-order valence-electron chi connectivity index (χ0n) is 11.2. The van der Waals surface area contributed by atoms with Gasteiger partial charge in [0.1, 0.15) is 6.04 Å². The van der Waals surface area contributed by atoms with Crippen LogP contribution in [0.5, 0.6) is 0 Å². The molecular weight excluding hydrogens is 284 g/mol. The van der Waals surface area contributed by atoms with E-state index in [1.807, 2.05) is 0 Å². The molecule has 1 heterocycles. The zero-order valence-corrected chi connectivity index (χ0v) is 12.0. The van der Waals surface area contributed by atoms with Gasteiger partial charge < -0.3 is 10.1 Å². The lowest BCUT2D eigenvalue weighted by Crippen LogP contribution is -2.41. The van der Waals surface area contributed by atoms with Gasteiger partial charge in [0.15, 0.2) is 5.16 Å². The molecule has 2 N–H and O–H groups in total. The highest BCUT2D eigenvalue weighted by atomic mass is 32.2. The lowest BCUT2D eigenvalue weighted by atomic mass is 10.3. The molecule has 110 valence electrons. The molecule has 20 heavy (non-hydrogen) atoms. The van der Waals surface area contributed by atoms with Crippen LogP contribution in [0.1, 0.15) is 12.8 Å². The van der Waals surface area contributed by atoms with Crippen LogP contribution in [0.3, 0.4) is 0 Å². The van der Waals surface area contributed by atoms with E-state index in [-0.39, 0.29) is 5.97 Å². The Morgan fingerprint density at radius 1 is 1.60 bits per heavy atom. The molecule has 0 radical (unpaired) electrons. The van der Waals surface area contributed by atoms with Crippen LogP contribution < -0.4 is 16.4 Å². The van der Waals surface area contributed by atoms with Gasteiger partial charge in [-0.3, -0.25) is 24.2 Å². The van der Waals surface area contributed by atoms with Gasteiger partial charge in [-0.2, -0.15) is 4.98 Å². The van der Waals surface area contributed by atoms with Crippen molar-refractivity contribution in [2.45, 2.75) is 30.1 Å². The molecular formula is C11H16N4O4S. The molecule has 0 aliphatic heterocycles. The quantitative estimate of drug-likeness (QED) is 0.388. The summed E-state index contributed by atoms with van der Waals surface area (Å²) >= 11 is 1.21. The van der Waals surface area contributed by atoms with E-state index in [2.05, 4.69) is 15.4 Å². The van der Waals surface area contributed by atoms with Crippen molar-refractivity contribution in [1.82, 2.24) is 20.1 Å². The summed E-state index contributed by atoms with van der Waals surface area (Å²) < 4.78 is 6.10. The largest absolute Gasteiger partial charge is 0.468 e. The zero-order chi connectivity index (χ0) is 14.7. The monoisotopic (exact) mass is 300 g/mol. The number of aromatic amines is 1. The molecule has 0 spiro atoms. The molecule has 1 fully saturated rings. The highest BCUT2D eigenvalue weighted by Gasteiger charge is 2.29. The first kappa shape index (κ1) is 14.8. The van der Waals surface area contributed by atoms with E-state index in [0.717, 1.165) is 12.8 Å². The molecule has 1 unspecified atom stereocenters. The standard InChI is InChI=1S/C11H16N4O4S/c1-15-11(13-8(16)9(17)14-15)20-5-7(10(18)19-2)12-6-3-4-6/h6-7,12H,3-5H2,1-2H3,(H,14,17). The molecule has 0 amide bonds. The highest BCUT2D eigenvalue weighted by Crippen LogP contribution is 2.21. The van der Waals surface area contributed by atoms with E-state index in [0.29, 0.717) is 17.0 Å². The summed E-state index contributed by atoms with van der Waals surface area (Å²) in [6.45, 7) is 0. The van der Waals surface area contributed by atoms with Crippen LogP contribution in [0, 0.1) is 0 Å². The normalized spacial score (nSPS) is 15.9. The molecule has 1 atom stereocenters. The molecule has 1 aromatic heterocycles. The van der Waals surface area contributed by atoms with E-state index < -0.39 is 17.2 Å². The van der Waals surface area contributed by atoms with Gasteiger partial charge in [-0.05, 0) is 12.8 Å². The fourth-order valence-corrected chi connectivity index (χ4v) is 2.54. The van der Waals surface area contributed by atoms with Crippen LogP contribution in [0.2, 0.25) is 0 Å². The average Bonchev–Trinajstić information content (AvgIpc) is 3.22. The molecule has 9 heteroatoms. The average molecular weight is 300 g/mol. The van der Waals surface area contributed by atoms with Crippen molar-refractivity contribution in [2.75, 3.05) is 12.9 Å². The number of hydrogen-bond donors (Lipinski definition) is 2. The Kier molecular flexibility index (Phi) is 4.61. The first-order valence-corrected chi connectivity index (χ1v) is 7.14. The first-order valence-electron chi connectivity index (χ1n) is 6.15. The number of aromatic nitrogens is 3. The van der Waals surface area contributed by atoms with E-state index in [9.17, 15) is 14.4 Å². The first-order chi connectivity index (χ1) is 9.51. The summed E-state index contributed by atoms with van der Waals surface area (Å²) in [5.74, 6) is 0.0222. The van der Waals surface area contributed by atoms with Crippen molar-refractivity contribution >= 4 is 17.7 Å². The second-order valence-corrected chi connectivity index (χ2v) is 5.51. The van der Waals surface area contributed by atoms with Gasteiger partial charge in [0.25, 0.3) is 0 Å². The number of nitrogens with one attached hydrogen (secondary N) is 2. The van der Waals surface area contributed by atoms with Crippen molar-refractivity contribution < 1.29 is 9.53 Å². The predicted molar refractivity (Wildman–Crippen MR) is 72.8 cm³/mol. The molecule has 1 saturated carbocycles. The third-order valence-corrected chi connectivity index (χ3v) is 3.95. The Labute approximate surface area is 118 Å². The summed E-state index contributed by atoms with van der Waals surface area (Å²) in [6, 6.07) is -0.103. The second kappa shape index (κ2) is 6.23. The van der Waals surface area contributed by atoms with E-state index in [4.69, 9.17) is 4.74 Å².